The van der Waals surface area contributed by atoms with Gasteiger partial charge in [0.2, 0.25) is 0 Å². The first-order chi connectivity index (χ1) is 9.15. The summed E-state index contributed by atoms with van der Waals surface area (Å²) < 4.78 is 10.2. The third-order valence-electron chi connectivity index (χ3n) is 3.84. The summed E-state index contributed by atoms with van der Waals surface area (Å²) in [5.41, 5.74) is 1.16. The van der Waals surface area contributed by atoms with Gasteiger partial charge in [0.25, 0.3) is 0 Å². The zero-order valence-electron chi connectivity index (χ0n) is 11.8. The molecule has 1 heterocycles. The van der Waals surface area contributed by atoms with Crippen LogP contribution in [0.2, 0.25) is 0 Å². The second-order valence-electron chi connectivity index (χ2n) is 5.06. The van der Waals surface area contributed by atoms with Gasteiger partial charge in [-0.15, -0.1) is 0 Å². The molecule has 2 rings (SSSR count). The minimum atomic E-state index is -0.126. The van der Waals surface area contributed by atoms with Crippen molar-refractivity contribution in [1.82, 2.24) is 4.90 Å². The molecule has 0 N–H and O–H groups in total. The number of carbonyl (C=O) groups excluding carboxylic acids is 1. The van der Waals surface area contributed by atoms with E-state index in [0.29, 0.717) is 0 Å². The molecule has 2 atom stereocenters. The monoisotopic (exact) mass is 263 g/mol. The molecule has 0 aliphatic carbocycles. The van der Waals surface area contributed by atoms with Gasteiger partial charge in [-0.25, -0.2) is 0 Å². The number of benzene rings is 1. The van der Waals surface area contributed by atoms with Gasteiger partial charge in [-0.1, -0.05) is 12.1 Å². The molecular weight excluding hydrogens is 242 g/mol. The molecule has 1 aliphatic heterocycles. The Hall–Kier alpha value is -1.55. The predicted molar refractivity (Wildman–Crippen MR) is 73.4 cm³/mol. The lowest BCUT2D eigenvalue weighted by Gasteiger charge is -2.35. The number of likely N-dealkylation sites (tertiary alicyclic amines) is 1. The van der Waals surface area contributed by atoms with Crippen LogP contribution < -0.4 is 4.74 Å². The number of ether oxygens (including phenoxy) is 2. The summed E-state index contributed by atoms with van der Waals surface area (Å²) >= 11 is 0. The van der Waals surface area contributed by atoms with E-state index in [0.717, 1.165) is 30.8 Å². The normalized spacial score (nSPS) is 23.9. The quantitative estimate of drug-likeness (QED) is 0.781. The molecule has 1 aromatic carbocycles. The number of carbonyl (C=O) groups is 1. The smallest absolute Gasteiger partial charge is 0.310 e. The van der Waals surface area contributed by atoms with Crippen LogP contribution in [-0.2, 0) is 9.53 Å². The summed E-state index contributed by atoms with van der Waals surface area (Å²) in [5, 5.41) is 0. The summed E-state index contributed by atoms with van der Waals surface area (Å²) in [7, 11) is 5.16. The number of piperidine rings is 1. The fourth-order valence-corrected chi connectivity index (χ4v) is 2.78. The van der Waals surface area contributed by atoms with Crippen molar-refractivity contribution in [2.45, 2.75) is 12.3 Å². The second-order valence-corrected chi connectivity index (χ2v) is 5.06. The maximum Gasteiger partial charge on any atom is 0.310 e. The number of hydrogen-bond donors (Lipinski definition) is 0. The molecule has 1 aromatic rings. The zero-order chi connectivity index (χ0) is 13.8. The van der Waals surface area contributed by atoms with E-state index in [-0.39, 0.29) is 17.8 Å². The molecule has 1 saturated heterocycles. The summed E-state index contributed by atoms with van der Waals surface area (Å²) in [6.07, 6.45) is 0.962. The molecule has 0 radical (unpaired) electrons. The van der Waals surface area contributed by atoms with Crippen molar-refractivity contribution in [2.24, 2.45) is 5.92 Å². The van der Waals surface area contributed by atoms with E-state index in [4.69, 9.17) is 9.47 Å². The van der Waals surface area contributed by atoms with E-state index in [2.05, 4.69) is 11.0 Å². The number of rotatable bonds is 3. The highest BCUT2D eigenvalue weighted by Gasteiger charge is 2.34. The van der Waals surface area contributed by atoms with Crippen LogP contribution in [0, 0.1) is 5.92 Å². The zero-order valence-corrected chi connectivity index (χ0v) is 11.8. The average Bonchev–Trinajstić information content (AvgIpc) is 2.46. The Bertz CT molecular complexity index is 447. The van der Waals surface area contributed by atoms with Crippen molar-refractivity contribution in [3.8, 4) is 5.75 Å². The van der Waals surface area contributed by atoms with E-state index >= 15 is 0 Å². The Kier molecular flexibility index (Phi) is 4.43. The van der Waals surface area contributed by atoms with Gasteiger partial charge in [0.05, 0.1) is 20.1 Å². The maximum atomic E-state index is 12.0. The summed E-state index contributed by atoms with van der Waals surface area (Å²) in [4.78, 5) is 14.1. The molecule has 0 spiro atoms. The first kappa shape index (κ1) is 13.9. The van der Waals surface area contributed by atoms with Gasteiger partial charge in [0.1, 0.15) is 5.75 Å². The highest BCUT2D eigenvalue weighted by atomic mass is 16.5. The van der Waals surface area contributed by atoms with Gasteiger partial charge >= 0.3 is 5.97 Å². The molecule has 0 amide bonds. The van der Waals surface area contributed by atoms with Gasteiger partial charge < -0.3 is 14.4 Å². The van der Waals surface area contributed by atoms with Crippen LogP contribution in [0.4, 0.5) is 0 Å². The molecule has 104 valence electrons. The first-order valence-corrected chi connectivity index (χ1v) is 6.56. The topological polar surface area (TPSA) is 38.8 Å². The first-order valence-electron chi connectivity index (χ1n) is 6.56. The van der Waals surface area contributed by atoms with Crippen molar-refractivity contribution in [3.63, 3.8) is 0 Å². The summed E-state index contributed by atoms with van der Waals surface area (Å²) in [6, 6.07) is 7.98. The average molecular weight is 263 g/mol. The minimum absolute atomic E-state index is 0.101. The third-order valence-corrected chi connectivity index (χ3v) is 3.84. The molecule has 2 unspecified atom stereocenters. The number of hydrogen-bond acceptors (Lipinski definition) is 4. The Labute approximate surface area is 114 Å². The SMILES string of the molecule is COC(=O)C1CN(C)CCC1c1cccc(OC)c1. The molecule has 19 heavy (non-hydrogen) atoms. The minimum Gasteiger partial charge on any atom is -0.497 e. The lowest BCUT2D eigenvalue weighted by Crippen LogP contribution is -2.41. The third kappa shape index (κ3) is 3.07. The van der Waals surface area contributed by atoms with Crippen LogP contribution in [0.1, 0.15) is 17.9 Å². The predicted octanol–water partition coefficient (Wildman–Crippen LogP) is 1.90. The van der Waals surface area contributed by atoms with Crippen molar-refractivity contribution >= 4 is 5.97 Å². The van der Waals surface area contributed by atoms with Crippen molar-refractivity contribution in [3.05, 3.63) is 29.8 Å². The Morgan fingerprint density at radius 1 is 1.37 bits per heavy atom. The van der Waals surface area contributed by atoms with E-state index in [1.165, 1.54) is 7.11 Å². The van der Waals surface area contributed by atoms with E-state index in [1.807, 2.05) is 25.2 Å². The summed E-state index contributed by atoms with van der Waals surface area (Å²) in [6.45, 7) is 1.74. The van der Waals surface area contributed by atoms with Crippen LogP contribution >= 0.6 is 0 Å². The largest absolute Gasteiger partial charge is 0.497 e. The Morgan fingerprint density at radius 2 is 2.16 bits per heavy atom. The van der Waals surface area contributed by atoms with Crippen molar-refractivity contribution < 1.29 is 14.3 Å². The van der Waals surface area contributed by atoms with Gasteiger partial charge in [0, 0.05) is 6.54 Å². The van der Waals surface area contributed by atoms with Crippen molar-refractivity contribution in [1.29, 1.82) is 0 Å². The molecule has 1 fully saturated rings. The van der Waals surface area contributed by atoms with Crippen LogP contribution in [0.3, 0.4) is 0 Å². The lowest BCUT2D eigenvalue weighted by molar-refractivity contribution is -0.148. The van der Waals surface area contributed by atoms with Gasteiger partial charge in [0.15, 0.2) is 0 Å². The molecule has 4 nitrogen and oxygen atoms in total. The van der Waals surface area contributed by atoms with Crippen LogP contribution in [0.5, 0.6) is 5.75 Å². The van der Waals surface area contributed by atoms with E-state index in [1.54, 1.807) is 7.11 Å². The highest BCUT2D eigenvalue weighted by Crippen LogP contribution is 2.34. The van der Waals surface area contributed by atoms with Crippen LogP contribution in [-0.4, -0.2) is 45.2 Å². The van der Waals surface area contributed by atoms with Gasteiger partial charge in [-0.3, -0.25) is 4.79 Å². The maximum absolute atomic E-state index is 12.0. The molecule has 0 aromatic heterocycles. The van der Waals surface area contributed by atoms with Gasteiger partial charge in [-0.05, 0) is 43.6 Å². The number of methoxy groups -OCH3 is 2. The molecule has 0 bridgehead atoms. The standard InChI is InChI=1S/C15H21NO3/c1-16-8-7-13(14(10-16)15(17)19-3)11-5-4-6-12(9-11)18-2/h4-6,9,13-14H,7-8,10H2,1-3H3. The van der Waals surface area contributed by atoms with Gasteiger partial charge in [-0.2, -0.15) is 0 Å². The molecule has 4 heteroatoms. The van der Waals surface area contributed by atoms with Crippen molar-refractivity contribution in [2.75, 3.05) is 34.4 Å². The van der Waals surface area contributed by atoms with E-state index < -0.39 is 0 Å². The fraction of sp³-hybridized carbons (Fsp3) is 0.533. The highest BCUT2D eigenvalue weighted by molar-refractivity contribution is 5.74. The molecule has 0 saturated carbocycles. The van der Waals surface area contributed by atoms with Crippen LogP contribution in [0.25, 0.3) is 0 Å². The number of nitrogens with zero attached hydrogens (tertiary/aromatic N) is 1. The Morgan fingerprint density at radius 3 is 2.84 bits per heavy atom. The molecule has 1 aliphatic rings. The van der Waals surface area contributed by atoms with E-state index in [9.17, 15) is 4.79 Å². The number of esters is 1. The summed E-state index contributed by atoms with van der Waals surface area (Å²) in [5.74, 6) is 0.814. The second kappa shape index (κ2) is 6.06. The lowest BCUT2D eigenvalue weighted by atomic mass is 9.80. The fourth-order valence-electron chi connectivity index (χ4n) is 2.78. The Balaban J connectivity index is 2.26. The van der Waals surface area contributed by atoms with Crippen LogP contribution in [0.15, 0.2) is 24.3 Å². The molecular formula is C15H21NO3.